The van der Waals surface area contributed by atoms with Gasteiger partial charge in [0.15, 0.2) is 0 Å². The van der Waals surface area contributed by atoms with E-state index in [1.54, 1.807) is 6.07 Å². The van der Waals surface area contributed by atoms with Gasteiger partial charge in [-0.1, -0.05) is 15.9 Å². The van der Waals surface area contributed by atoms with Crippen LogP contribution in [0.2, 0.25) is 0 Å². The lowest BCUT2D eigenvalue weighted by molar-refractivity contribution is 0.0680. The summed E-state index contributed by atoms with van der Waals surface area (Å²) in [6.45, 7) is 0. The van der Waals surface area contributed by atoms with Gasteiger partial charge >= 0.3 is 5.97 Å². The number of aromatic carboxylic acids is 1. The van der Waals surface area contributed by atoms with Gasteiger partial charge in [-0.2, -0.15) is 4.98 Å². The monoisotopic (exact) mass is 394 g/mol. The van der Waals surface area contributed by atoms with Crippen molar-refractivity contribution >= 4 is 44.5 Å². The van der Waals surface area contributed by atoms with Crippen molar-refractivity contribution < 1.29 is 14.4 Å². The maximum Gasteiger partial charge on any atom is 0.377 e. The van der Waals surface area contributed by atoms with E-state index >= 15 is 0 Å². The molecule has 0 unspecified atom stereocenters. The van der Waals surface area contributed by atoms with Gasteiger partial charge in [-0.25, -0.2) is 4.79 Å². The molecule has 0 aliphatic carbocycles. The van der Waals surface area contributed by atoms with Crippen molar-refractivity contribution in [2.24, 2.45) is 0 Å². The van der Waals surface area contributed by atoms with Gasteiger partial charge in [-0.3, -0.25) is 0 Å². The first-order chi connectivity index (χ1) is 7.58. The van der Waals surface area contributed by atoms with Gasteiger partial charge in [0.25, 0.3) is 11.7 Å². The van der Waals surface area contributed by atoms with Crippen LogP contribution in [0, 0.1) is 3.57 Å². The van der Waals surface area contributed by atoms with E-state index in [4.69, 9.17) is 9.63 Å². The van der Waals surface area contributed by atoms with Gasteiger partial charge in [0.2, 0.25) is 0 Å². The van der Waals surface area contributed by atoms with E-state index in [1.165, 1.54) is 0 Å². The third kappa shape index (κ3) is 2.24. The van der Waals surface area contributed by atoms with Gasteiger partial charge in [-0.15, -0.1) is 0 Å². The van der Waals surface area contributed by atoms with Crippen LogP contribution < -0.4 is 0 Å². The fourth-order valence-corrected chi connectivity index (χ4v) is 2.01. The number of rotatable bonds is 2. The lowest BCUT2D eigenvalue weighted by atomic mass is 10.2. The molecule has 5 nitrogen and oxygen atoms in total. The van der Waals surface area contributed by atoms with Gasteiger partial charge in [-0.05, 0) is 45.9 Å². The van der Waals surface area contributed by atoms with Crippen LogP contribution >= 0.6 is 38.5 Å². The molecule has 0 radical (unpaired) electrons. The first kappa shape index (κ1) is 11.5. The fraction of sp³-hybridized carbons (Fsp3) is 0. The number of carbonyl (C=O) groups is 1. The van der Waals surface area contributed by atoms with Crippen LogP contribution in [-0.4, -0.2) is 21.2 Å². The fourth-order valence-electron chi connectivity index (χ4n) is 1.08. The number of halogens is 2. The summed E-state index contributed by atoms with van der Waals surface area (Å²) in [4.78, 5) is 14.4. The SMILES string of the molecule is O=C(O)c1noc(-c2cc(Br)ccc2I)n1. The van der Waals surface area contributed by atoms with Crippen LogP contribution in [0.15, 0.2) is 27.2 Å². The summed E-state index contributed by atoms with van der Waals surface area (Å²) in [5, 5.41) is 12.0. The highest BCUT2D eigenvalue weighted by atomic mass is 127. The van der Waals surface area contributed by atoms with E-state index < -0.39 is 5.97 Å². The third-order valence-electron chi connectivity index (χ3n) is 1.78. The van der Waals surface area contributed by atoms with E-state index in [2.05, 4.69) is 48.7 Å². The van der Waals surface area contributed by atoms with Gasteiger partial charge < -0.3 is 9.63 Å². The maximum atomic E-state index is 10.6. The van der Waals surface area contributed by atoms with Gasteiger partial charge in [0.1, 0.15) is 0 Å². The summed E-state index contributed by atoms with van der Waals surface area (Å²) in [5.74, 6) is -1.35. The second-order valence-corrected chi connectivity index (χ2v) is 4.93. The first-order valence-corrected chi connectivity index (χ1v) is 5.97. The molecule has 1 heterocycles. The Balaban J connectivity index is 2.50. The summed E-state index contributed by atoms with van der Waals surface area (Å²) in [7, 11) is 0. The molecule has 2 aromatic rings. The molecule has 82 valence electrons. The molecule has 2 rings (SSSR count). The molecule has 0 bridgehead atoms. The highest BCUT2D eigenvalue weighted by molar-refractivity contribution is 14.1. The lowest BCUT2D eigenvalue weighted by Gasteiger charge is -1.98. The van der Waals surface area contributed by atoms with Crippen LogP contribution in [0.1, 0.15) is 10.6 Å². The lowest BCUT2D eigenvalue weighted by Crippen LogP contribution is -1.98. The average Bonchev–Trinajstić information content (AvgIpc) is 2.70. The molecule has 0 saturated heterocycles. The number of carboxylic acids is 1. The topological polar surface area (TPSA) is 76.2 Å². The summed E-state index contributed by atoms with van der Waals surface area (Å²) in [6.07, 6.45) is 0. The molecule has 0 spiro atoms. The molecule has 1 aromatic heterocycles. The minimum absolute atomic E-state index is 0.197. The summed E-state index contributed by atoms with van der Waals surface area (Å²) < 4.78 is 6.64. The number of aromatic nitrogens is 2. The normalized spacial score (nSPS) is 10.4. The van der Waals surface area contributed by atoms with Crippen LogP contribution in [0.25, 0.3) is 11.5 Å². The summed E-state index contributed by atoms with van der Waals surface area (Å²) in [5.41, 5.74) is 0.704. The Morgan fingerprint density at radius 1 is 1.50 bits per heavy atom. The predicted molar refractivity (Wildman–Crippen MR) is 67.1 cm³/mol. The summed E-state index contributed by atoms with van der Waals surface area (Å²) in [6, 6.07) is 5.53. The van der Waals surface area contributed by atoms with Crippen molar-refractivity contribution in [2.75, 3.05) is 0 Å². The zero-order chi connectivity index (χ0) is 11.7. The smallest absolute Gasteiger partial charge is 0.377 e. The number of hydrogen-bond donors (Lipinski definition) is 1. The number of hydrogen-bond acceptors (Lipinski definition) is 4. The van der Waals surface area contributed by atoms with Gasteiger partial charge in [0, 0.05) is 8.04 Å². The highest BCUT2D eigenvalue weighted by Gasteiger charge is 2.16. The molecule has 1 N–H and O–H groups in total. The number of benzene rings is 1. The number of nitrogens with zero attached hydrogens (tertiary/aromatic N) is 2. The van der Waals surface area contributed by atoms with Crippen molar-refractivity contribution in [3.63, 3.8) is 0 Å². The Morgan fingerprint density at radius 3 is 2.88 bits per heavy atom. The Kier molecular flexibility index (Phi) is 3.24. The molecule has 0 aliphatic heterocycles. The molecular weight excluding hydrogens is 391 g/mol. The van der Waals surface area contributed by atoms with E-state index in [9.17, 15) is 4.79 Å². The first-order valence-electron chi connectivity index (χ1n) is 4.10. The van der Waals surface area contributed by atoms with E-state index in [0.717, 1.165) is 8.04 Å². The van der Waals surface area contributed by atoms with Crippen LogP contribution in [-0.2, 0) is 0 Å². The number of carboxylic acid groups (broad SMARTS) is 1. The van der Waals surface area contributed by atoms with Crippen molar-refractivity contribution in [3.05, 3.63) is 32.1 Å². The van der Waals surface area contributed by atoms with Crippen LogP contribution in [0.5, 0.6) is 0 Å². The molecule has 0 atom stereocenters. The van der Waals surface area contributed by atoms with Crippen molar-refractivity contribution in [1.29, 1.82) is 0 Å². The Bertz CT molecular complexity index is 555. The molecule has 0 amide bonds. The Hall–Kier alpha value is -0.960. The second-order valence-electron chi connectivity index (χ2n) is 2.85. The van der Waals surface area contributed by atoms with Crippen LogP contribution in [0.4, 0.5) is 0 Å². The standard InChI is InChI=1S/C9H4BrIN2O3/c10-4-1-2-6(11)5(3-4)8-12-7(9(14)15)13-16-8/h1-3H,(H,14,15). The maximum absolute atomic E-state index is 10.6. The van der Waals surface area contributed by atoms with Crippen molar-refractivity contribution in [3.8, 4) is 11.5 Å². The molecule has 0 saturated carbocycles. The van der Waals surface area contributed by atoms with E-state index in [1.807, 2.05) is 12.1 Å². The van der Waals surface area contributed by atoms with E-state index in [-0.39, 0.29) is 11.7 Å². The second kappa shape index (κ2) is 4.50. The third-order valence-corrected chi connectivity index (χ3v) is 3.21. The Labute approximate surface area is 112 Å². The zero-order valence-electron chi connectivity index (χ0n) is 7.65. The molecule has 0 aliphatic rings. The minimum Gasteiger partial charge on any atom is -0.475 e. The molecule has 16 heavy (non-hydrogen) atoms. The predicted octanol–water partition coefficient (Wildman–Crippen LogP) is 2.80. The molecule has 0 fully saturated rings. The van der Waals surface area contributed by atoms with Crippen molar-refractivity contribution in [1.82, 2.24) is 10.1 Å². The minimum atomic E-state index is -1.21. The molecule has 1 aromatic carbocycles. The van der Waals surface area contributed by atoms with Crippen LogP contribution in [0.3, 0.4) is 0 Å². The average molecular weight is 395 g/mol. The van der Waals surface area contributed by atoms with Crippen molar-refractivity contribution in [2.45, 2.75) is 0 Å². The summed E-state index contributed by atoms with van der Waals surface area (Å²) >= 11 is 5.43. The highest BCUT2D eigenvalue weighted by Crippen LogP contribution is 2.27. The Morgan fingerprint density at radius 2 is 2.25 bits per heavy atom. The molecule has 7 heteroatoms. The van der Waals surface area contributed by atoms with Gasteiger partial charge in [0.05, 0.1) is 5.56 Å². The largest absolute Gasteiger partial charge is 0.475 e. The molecular formula is C9H4BrIN2O3. The zero-order valence-corrected chi connectivity index (χ0v) is 11.4. The quantitative estimate of drug-likeness (QED) is 0.792. The van der Waals surface area contributed by atoms with E-state index in [0.29, 0.717) is 5.56 Å².